The molecule has 0 bridgehead atoms. The van der Waals surface area contributed by atoms with Gasteiger partial charge in [-0.15, -0.1) is 11.3 Å². The molecule has 3 rings (SSSR count). The van der Waals surface area contributed by atoms with Crippen LogP contribution in [0.2, 0.25) is 0 Å². The largest absolute Gasteiger partial charge is 0.240 e. The first kappa shape index (κ1) is 18.6. The molecule has 2 aromatic rings. The normalized spacial score (nSPS) is 17.6. The van der Waals surface area contributed by atoms with Crippen molar-refractivity contribution >= 4 is 21.4 Å². The third kappa shape index (κ3) is 3.83. The van der Waals surface area contributed by atoms with Crippen molar-refractivity contribution in [1.29, 1.82) is 0 Å². The Morgan fingerprint density at radius 1 is 1.04 bits per heavy atom. The Kier molecular flexibility index (Phi) is 5.37. The summed E-state index contributed by atoms with van der Waals surface area (Å²) in [4.78, 5) is 1.72. The van der Waals surface area contributed by atoms with E-state index in [1.54, 1.807) is 17.4 Å². The second-order valence-electron chi connectivity index (χ2n) is 7.34. The Hall–Kier alpha value is -1.17. The molecule has 0 radical (unpaired) electrons. The first-order chi connectivity index (χ1) is 11.8. The lowest BCUT2D eigenvalue weighted by molar-refractivity contribution is 0.298. The molecular weight excluding hydrogens is 350 g/mol. The Morgan fingerprint density at radius 2 is 1.72 bits per heavy atom. The SMILES string of the molecule is Cc1cc(C)c(S(=O)(=O)NCC2(c3cccs3)CCCCC2)cc1C. The van der Waals surface area contributed by atoms with Crippen molar-refractivity contribution in [3.63, 3.8) is 0 Å². The number of hydrogen-bond donors (Lipinski definition) is 1. The average Bonchev–Trinajstić information content (AvgIpc) is 3.12. The van der Waals surface area contributed by atoms with Crippen LogP contribution in [0, 0.1) is 20.8 Å². The Balaban J connectivity index is 1.87. The third-order valence-corrected chi connectivity index (χ3v) is 8.20. The Labute approximate surface area is 155 Å². The summed E-state index contributed by atoms with van der Waals surface area (Å²) in [5.41, 5.74) is 2.90. The van der Waals surface area contributed by atoms with E-state index in [2.05, 4.69) is 22.2 Å². The van der Waals surface area contributed by atoms with Gasteiger partial charge in [-0.25, -0.2) is 13.1 Å². The molecular formula is C20H27NO2S2. The van der Waals surface area contributed by atoms with Crippen LogP contribution in [0.1, 0.15) is 53.7 Å². The average molecular weight is 378 g/mol. The topological polar surface area (TPSA) is 46.2 Å². The van der Waals surface area contributed by atoms with E-state index in [-0.39, 0.29) is 5.41 Å². The third-order valence-electron chi connectivity index (χ3n) is 5.54. The van der Waals surface area contributed by atoms with Crippen molar-refractivity contribution in [2.45, 2.75) is 63.2 Å². The van der Waals surface area contributed by atoms with E-state index in [4.69, 9.17) is 0 Å². The van der Waals surface area contributed by atoms with E-state index in [1.165, 1.54) is 24.1 Å². The highest BCUT2D eigenvalue weighted by Crippen LogP contribution is 2.41. The molecule has 0 amide bonds. The van der Waals surface area contributed by atoms with Crippen molar-refractivity contribution in [3.05, 3.63) is 51.2 Å². The predicted molar refractivity (Wildman–Crippen MR) is 105 cm³/mol. The smallest absolute Gasteiger partial charge is 0.210 e. The number of nitrogens with one attached hydrogen (secondary N) is 1. The predicted octanol–water partition coefficient (Wildman–Crippen LogP) is 4.85. The van der Waals surface area contributed by atoms with Crippen molar-refractivity contribution in [2.75, 3.05) is 6.54 Å². The molecule has 25 heavy (non-hydrogen) atoms. The molecule has 0 unspecified atom stereocenters. The van der Waals surface area contributed by atoms with Gasteiger partial charge in [-0.2, -0.15) is 0 Å². The zero-order chi connectivity index (χ0) is 18.1. The number of aryl methyl sites for hydroxylation is 3. The van der Waals surface area contributed by atoms with E-state index in [1.807, 2.05) is 26.8 Å². The minimum Gasteiger partial charge on any atom is -0.210 e. The lowest BCUT2D eigenvalue weighted by atomic mass is 9.73. The minimum atomic E-state index is -3.50. The van der Waals surface area contributed by atoms with Crippen molar-refractivity contribution < 1.29 is 8.42 Å². The molecule has 1 aliphatic rings. The highest BCUT2D eigenvalue weighted by molar-refractivity contribution is 7.89. The maximum atomic E-state index is 13.0. The van der Waals surface area contributed by atoms with Gasteiger partial charge in [0.2, 0.25) is 10.0 Å². The fraction of sp³-hybridized carbons (Fsp3) is 0.500. The monoisotopic (exact) mass is 377 g/mol. The van der Waals surface area contributed by atoms with E-state index in [0.29, 0.717) is 11.4 Å². The second kappa shape index (κ2) is 7.22. The number of benzene rings is 1. The summed E-state index contributed by atoms with van der Waals surface area (Å²) in [5, 5.41) is 2.09. The zero-order valence-corrected chi connectivity index (χ0v) is 16.9. The van der Waals surface area contributed by atoms with Gasteiger partial charge in [-0.1, -0.05) is 31.4 Å². The molecule has 1 saturated carbocycles. The molecule has 1 fully saturated rings. The number of thiophene rings is 1. The number of hydrogen-bond acceptors (Lipinski definition) is 3. The summed E-state index contributed by atoms with van der Waals surface area (Å²) < 4.78 is 28.9. The summed E-state index contributed by atoms with van der Waals surface area (Å²) in [7, 11) is -3.50. The van der Waals surface area contributed by atoms with Crippen LogP contribution in [-0.4, -0.2) is 15.0 Å². The van der Waals surface area contributed by atoms with Crippen LogP contribution in [-0.2, 0) is 15.4 Å². The van der Waals surface area contributed by atoms with Gasteiger partial charge < -0.3 is 0 Å². The molecule has 0 atom stereocenters. The highest BCUT2D eigenvalue weighted by atomic mass is 32.2. The molecule has 1 N–H and O–H groups in total. The van der Waals surface area contributed by atoms with Crippen LogP contribution >= 0.6 is 11.3 Å². The summed E-state index contributed by atoms with van der Waals surface area (Å²) >= 11 is 1.75. The molecule has 0 spiro atoms. The molecule has 1 aliphatic carbocycles. The van der Waals surface area contributed by atoms with Gasteiger partial charge >= 0.3 is 0 Å². The van der Waals surface area contributed by atoms with Gasteiger partial charge in [0.05, 0.1) is 4.90 Å². The molecule has 3 nitrogen and oxygen atoms in total. The fourth-order valence-electron chi connectivity index (χ4n) is 3.85. The van der Waals surface area contributed by atoms with Crippen LogP contribution in [0.15, 0.2) is 34.5 Å². The first-order valence-electron chi connectivity index (χ1n) is 8.96. The van der Waals surface area contributed by atoms with E-state index in [0.717, 1.165) is 29.5 Å². The molecule has 1 aromatic carbocycles. The summed E-state index contributed by atoms with van der Waals surface area (Å²) in [6.07, 6.45) is 5.70. The fourth-order valence-corrected chi connectivity index (χ4v) is 6.28. The first-order valence-corrected chi connectivity index (χ1v) is 11.3. The van der Waals surface area contributed by atoms with Gasteiger partial charge in [0, 0.05) is 16.8 Å². The van der Waals surface area contributed by atoms with Crippen LogP contribution in [0.5, 0.6) is 0 Å². The quantitative estimate of drug-likeness (QED) is 0.809. The van der Waals surface area contributed by atoms with E-state index in [9.17, 15) is 8.42 Å². The minimum absolute atomic E-state index is 0.0485. The molecule has 0 saturated heterocycles. The maximum Gasteiger partial charge on any atom is 0.240 e. The van der Waals surface area contributed by atoms with Gasteiger partial charge in [-0.3, -0.25) is 0 Å². The number of sulfonamides is 1. The van der Waals surface area contributed by atoms with E-state index < -0.39 is 10.0 Å². The Bertz CT molecular complexity index is 833. The maximum absolute atomic E-state index is 13.0. The molecule has 1 aromatic heterocycles. The van der Waals surface area contributed by atoms with Gasteiger partial charge in [0.1, 0.15) is 0 Å². The van der Waals surface area contributed by atoms with Crippen molar-refractivity contribution in [2.24, 2.45) is 0 Å². The zero-order valence-electron chi connectivity index (χ0n) is 15.3. The van der Waals surface area contributed by atoms with Gasteiger partial charge in [0.25, 0.3) is 0 Å². The Morgan fingerprint density at radius 3 is 2.36 bits per heavy atom. The lowest BCUT2D eigenvalue weighted by Crippen LogP contribution is -2.41. The van der Waals surface area contributed by atoms with Gasteiger partial charge in [0.15, 0.2) is 0 Å². The van der Waals surface area contributed by atoms with Crippen LogP contribution in [0.3, 0.4) is 0 Å². The summed E-state index contributed by atoms with van der Waals surface area (Å²) in [5.74, 6) is 0. The lowest BCUT2D eigenvalue weighted by Gasteiger charge is -2.36. The van der Waals surface area contributed by atoms with Crippen molar-refractivity contribution in [1.82, 2.24) is 4.72 Å². The molecule has 1 heterocycles. The second-order valence-corrected chi connectivity index (χ2v) is 10.0. The molecule has 0 aliphatic heterocycles. The number of rotatable bonds is 5. The van der Waals surface area contributed by atoms with Crippen molar-refractivity contribution in [3.8, 4) is 0 Å². The van der Waals surface area contributed by atoms with Crippen LogP contribution in [0.25, 0.3) is 0 Å². The standard InChI is InChI=1S/C20H27NO2S2/c1-15-12-17(3)18(13-16(15)2)25(22,23)21-14-20(9-5-4-6-10-20)19-8-7-11-24-19/h7-8,11-13,21H,4-6,9-10,14H2,1-3H3. The summed E-state index contributed by atoms with van der Waals surface area (Å²) in [6, 6.07) is 7.98. The highest BCUT2D eigenvalue weighted by Gasteiger charge is 2.36. The van der Waals surface area contributed by atoms with Crippen LogP contribution in [0.4, 0.5) is 0 Å². The van der Waals surface area contributed by atoms with E-state index >= 15 is 0 Å². The molecule has 136 valence electrons. The summed E-state index contributed by atoms with van der Waals surface area (Å²) in [6.45, 7) is 6.33. The molecule has 5 heteroatoms. The van der Waals surface area contributed by atoms with Gasteiger partial charge in [-0.05, 0) is 67.8 Å². The van der Waals surface area contributed by atoms with Crippen LogP contribution < -0.4 is 4.72 Å².